The Morgan fingerprint density at radius 3 is 2.75 bits per heavy atom. The van der Waals surface area contributed by atoms with E-state index >= 15 is 0 Å². The van der Waals surface area contributed by atoms with Gasteiger partial charge in [-0.2, -0.15) is 11.8 Å². The molecule has 0 aromatic rings. The van der Waals surface area contributed by atoms with E-state index in [1.807, 2.05) is 11.8 Å². The first-order chi connectivity index (χ1) is 5.74. The second-order valence-electron chi connectivity index (χ2n) is 3.99. The monoisotopic (exact) mass is 188 g/mol. The molecule has 0 aliphatic carbocycles. The third-order valence-corrected chi connectivity index (χ3v) is 3.89. The molecule has 72 valence electrons. The lowest BCUT2D eigenvalue weighted by atomic mass is 9.91. The highest BCUT2D eigenvalue weighted by atomic mass is 32.2. The molecule has 1 N–H and O–H groups in total. The average Bonchev–Trinajstić information content (AvgIpc) is 2.37. The summed E-state index contributed by atoms with van der Waals surface area (Å²) in [6, 6.07) is 0. The number of hydrogen-bond acceptors (Lipinski definition) is 2. The van der Waals surface area contributed by atoms with E-state index in [1.54, 1.807) is 0 Å². The molecule has 0 amide bonds. The zero-order chi connectivity index (χ0) is 8.97. The van der Waals surface area contributed by atoms with E-state index in [1.165, 1.54) is 25.0 Å². The van der Waals surface area contributed by atoms with Crippen molar-refractivity contribution in [2.45, 2.75) is 39.2 Å². The maximum Gasteiger partial charge on any atom is 0.0666 e. The van der Waals surface area contributed by atoms with Crippen LogP contribution in [-0.2, 0) is 0 Å². The summed E-state index contributed by atoms with van der Waals surface area (Å²) < 4.78 is 0. The lowest BCUT2D eigenvalue weighted by Gasteiger charge is -2.17. The minimum absolute atomic E-state index is 0.0192. The van der Waals surface area contributed by atoms with Crippen molar-refractivity contribution in [1.82, 2.24) is 0 Å². The van der Waals surface area contributed by atoms with Crippen LogP contribution in [-0.4, -0.2) is 22.7 Å². The van der Waals surface area contributed by atoms with Crippen molar-refractivity contribution in [3.05, 3.63) is 0 Å². The Bertz CT molecular complexity index is 127. The number of hydrogen-bond donors (Lipinski definition) is 1. The van der Waals surface area contributed by atoms with Gasteiger partial charge >= 0.3 is 0 Å². The van der Waals surface area contributed by atoms with Crippen LogP contribution >= 0.6 is 11.8 Å². The molecule has 3 unspecified atom stereocenters. The smallest absolute Gasteiger partial charge is 0.0666 e. The zero-order valence-corrected chi connectivity index (χ0v) is 8.94. The van der Waals surface area contributed by atoms with Crippen LogP contribution in [0.15, 0.2) is 0 Å². The van der Waals surface area contributed by atoms with E-state index < -0.39 is 0 Å². The van der Waals surface area contributed by atoms with Crippen LogP contribution in [0.5, 0.6) is 0 Å². The van der Waals surface area contributed by atoms with Gasteiger partial charge in [-0.3, -0.25) is 0 Å². The molecular weight excluding hydrogens is 168 g/mol. The summed E-state index contributed by atoms with van der Waals surface area (Å²) in [5, 5.41) is 9.59. The fourth-order valence-electron chi connectivity index (χ4n) is 1.94. The van der Waals surface area contributed by atoms with E-state index in [0.717, 1.165) is 11.7 Å². The Morgan fingerprint density at radius 1 is 1.50 bits per heavy atom. The van der Waals surface area contributed by atoms with Crippen LogP contribution in [0.3, 0.4) is 0 Å². The Morgan fingerprint density at radius 2 is 2.25 bits per heavy atom. The fourth-order valence-corrected chi connectivity index (χ4v) is 3.25. The van der Waals surface area contributed by atoms with Crippen LogP contribution < -0.4 is 0 Å². The molecule has 0 saturated carbocycles. The van der Waals surface area contributed by atoms with Crippen molar-refractivity contribution < 1.29 is 5.11 Å². The predicted octanol–water partition coefficient (Wildman–Crippen LogP) is 2.54. The number of rotatable bonds is 4. The van der Waals surface area contributed by atoms with Gasteiger partial charge in [0.05, 0.1) is 6.10 Å². The maximum absolute atomic E-state index is 9.59. The van der Waals surface area contributed by atoms with Crippen LogP contribution in [0.25, 0.3) is 0 Å². The molecule has 0 radical (unpaired) electrons. The van der Waals surface area contributed by atoms with Crippen molar-refractivity contribution in [2.24, 2.45) is 11.8 Å². The van der Waals surface area contributed by atoms with Gasteiger partial charge in [-0.15, -0.1) is 0 Å². The Labute approximate surface area is 79.9 Å². The maximum atomic E-state index is 9.59. The summed E-state index contributed by atoms with van der Waals surface area (Å²) in [5.41, 5.74) is 0. The van der Waals surface area contributed by atoms with E-state index in [-0.39, 0.29) is 6.10 Å². The summed E-state index contributed by atoms with van der Waals surface area (Å²) in [6.45, 7) is 4.54. The van der Waals surface area contributed by atoms with Gasteiger partial charge in [0.1, 0.15) is 0 Å². The van der Waals surface area contributed by atoms with Gasteiger partial charge in [0, 0.05) is 5.75 Å². The predicted molar refractivity (Wildman–Crippen MR) is 55.5 cm³/mol. The van der Waals surface area contributed by atoms with Crippen molar-refractivity contribution in [3.8, 4) is 0 Å². The quantitative estimate of drug-likeness (QED) is 0.731. The Hall–Kier alpha value is 0.310. The van der Waals surface area contributed by atoms with Gasteiger partial charge in [-0.05, 0) is 24.0 Å². The first-order valence-corrected chi connectivity index (χ1v) is 6.15. The Kier molecular flexibility index (Phi) is 4.44. The normalized spacial score (nSPS) is 32.2. The molecule has 0 aromatic heterocycles. The van der Waals surface area contributed by atoms with Gasteiger partial charge in [-0.25, -0.2) is 0 Å². The highest BCUT2D eigenvalue weighted by molar-refractivity contribution is 7.99. The fraction of sp³-hybridized carbons (Fsp3) is 1.00. The lowest BCUT2D eigenvalue weighted by molar-refractivity contribution is 0.134. The molecule has 0 spiro atoms. The van der Waals surface area contributed by atoms with Gasteiger partial charge in [-0.1, -0.05) is 26.7 Å². The molecular formula is C10H20OS. The van der Waals surface area contributed by atoms with E-state index in [0.29, 0.717) is 5.92 Å². The molecule has 0 aromatic carbocycles. The zero-order valence-electron chi connectivity index (χ0n) is 8.12. The van der Waals surface area contributed by atoms with Crippen LogP contribution in [0.4, 0.5) is 0 Å². The van der Waals surface area contributed by atoms with Crippen molar-refractivity contribution in [3.63, 3.8) is 0 Å². The van der Waals surface area contributed by atoms with Crippen molar-refractivity contribution in [1.29, 1.82) is 0 Å². The average molecular weight is 188 g/mol. The largest absolute Gasteiger partial charge is 0.392 e. The summed E-state index contributed by atoms with van der Waals surface area (Å²) in [7, 11) is 0. The highest BCUT2D eigenvalue weighted by Gasteiger charge is 2.26. The summed E-state index contributed by atoms with van der Waals surface area (Å²) >= 11 is 1.90. The van der Waals surface area contributed by atoms with E-state index in [2.05, 4.69) is 13.8 Å². The summed E-state index contributed by atoms with van der Waals surface area (Å²) in [5.74, 6) is 3.52. The molecule has 1 fully saturated rings. The summed E-state index contributed by atoms with van der Waals surface area (Å²) in [6.07, 6.45) is 3.79. The standard InChI is InChI=1S/C10H20OS/c1-3-4-8(2)5-9-6-12-7-10(9)11/h8-11H,3-7H2,1-2H3. The molecule has 12 heavy (non-hydrogen) atoms. The first-order valence-electron chi connectivity index (χ1n) is 4.99. The minimum Gasteiger partial charge on any atom is -0.392 e. The van der Waals surface area contributed by atoms with Crippen LogP contribution in [0.2, 0.25) is 0 Å². The SMILES string of the molecule is CCCC(C)CC1CSCC1O. The van der Waals surface area contributed by atoms with Crippen LogP contribution in [0, 0.1) is 11.8 Å². The molecule has 1 heterocycles. The number of thioether (sulfide) groups is 1. The Balaban J connectivity index is 2.20. The molecule has 1 nitrogen and oxygen atoms in total. The van der Waals surface area contributed by atoms with Gasteiger partial charge < -0.3 is 5.11 Å². The number of aliphatic hydroxyl groups excluding tert-OH is 1. The second-order valence-corrected chi connectivity index (χ2v) is 5.07. The third kappa shape index (κ3) is 2.98. The van der Waals surface area contributed by atoms with Crippen molar-refractivity contribution in [2.75, 3.05) is 11.5 Å². The van der Waals surface area contributed by atoms with Gasteiger partial charge in [0.2, 0.25) is 0 Å². The van der Waals surface area contributed by atoms with E-state index in [9.17, 15) is 5.11 Å². The second kappa shape index (κ2) is 5.13. The summed E-state index contributed by atoms with van der Waals surface area (Å²) in [4.78, 5) is 0. The number of aliphatic hydroxyl groups is 1. The topological polar surface area (TPSA) is 20.2 Å². The molecule has 0 bridgehead atoms. The van der Waals surface area contributed by atoms with Crippen molar-refractivity contribution >= 4 is 11.8 Å². The molecule has 3 atom stereocenters. The third-order valence-electron chi connectivity index (χ3n) is 2.65. The molecule has 2 heteroatoms. The van der Waals surface area contributed by atoms with Gasteiger partial charge in [0.25, 0.3) is 0 Å². The molecule has 1 saturated heterocycles. The molecule has 1 aliphatic heterocycles. The minimum atomic E-state index is -0.0192. The highest BCUT2D eigenvalue weighted by Crippen LogP contribution is 2.30. The van der Waals surface area contributed by atoms with Gasteiger partial charge in [0.15, 0.2) is 0 Å². The van der Waals surface area contributed by atoms with E-state index in [4.69, 9.17) is 0 Å². The lowest BCUT2D eigenvalue weighted by Crippen LogP contribution is -2.20. The molecule has 1 rings (SSSR count). The van der Waals surface area contributed by atoms with Crippen LogP contribution in [0.1, 0.15) is 33.1 Å². The first kappa shape index (κ1) is 10.4. The molecule has 1 aliphatic rings.